The standard InChI is InChI=1S/C32H30N2O/c1-24-14-13-21-29(25(24)2)31(3,35)30-22-33-23-34(30)32(26-15-7-4-8-16-26,27-17-9-5-10-18-27)28-19-11-6-12-20-28/h4-23,35H,1-3H3. The van der Waals surface area contributed by atoms with Gasteiger partial charge in [0.2, 0.25) is 0 Å². The maximum absolute atomic E-state index is 12.2. The number of imidazole rings is 1. The Morgan fingerprint density at radius 2 is 1.14 bits per heavy atom. The Balaban J connectivity index is 1.88. The monoisotopic (exact) mass is 458 g/mol. The zero-order chi connectivity index (χ0) is 24.5. The Bertz CT molecular complexity index is 1320. The van der Waals surface area contributed by atoms with Gasteiger partial charge in [-0.15, -0.1) is 0 Å². The van der Waals surface area contributed by atoms with Gasteiger partial charge in [-0.05, 0) is 54.2 Å². The number of aromatic nitrogens is 2. The van der Waals surface area contributed by atoms with Crippen LogP contribution in [-0.4, -0.2) is 14.7 Å². The van der Waals surface area contributed by atoms with Gasteiger partial charge in [0.1, 0.15) is 11.1 Å². The molecule has 3 heteroatoms. The maximum Gasteiger partial charge on any atom is 0.129 e. The summed E-state index contributed by atoms with van der Waals surface area (Å²) >= 11 is 0. The van der Waals surface area contributed by atoms with Gasteiger partial charge in [0.05, 0.1) is 18.2 Å². The van der Waals surface area contributed by atoms with Crippen LogP contribution in [0, 0.1) is 13.8 Å². The van der Waals surface area contributed by atoms with Crippen molar-refractivity contribution < 1.29 is 5.11 Å². The summed E-state index contributed by atoms with van der Waals surface area (Å²) in [5.74, 6) is 0. The molecular weight excluding hydrogens is 428 g/mol. The predicted molar refractivity (Wildman–Crippen MR) is 141 cm³/mol. The summed E-state index contributed by atoms with van der Waals surface area (Å²) in [5, 5.41) is 12.2. The van der Waals surface area contributed by atoms with Gasteiger partial charge in [0, 0.05) is 0 Å². The molecule has 1 aromatic heterocycles. The highest BCUT2D eigenvalue weighted by molar-refractivity contribution is 5.52. The van der Waals surface area contributed by atoms with Crippen LogP contribution in [0.15, 0.2) is 122 Å². The first-order valence-electron chi connectivity index (χ1n) is 12.0. The van der Waals surface area contributed by atoms with Crippen molar-refractivity contribution in [2.24, 2.45) is 0 Å². The molecule has 35 heavy (non-hydrogen) atoms. The molecule has 4 aromatic carbocycles. The molecule has 0 spiro atoms. The Hall–Kier alpha value is -3.95. The lowest BCUT2D eigenvalue weighted by Crippen LogP contribution is -2.41. The molecule has 1 N–H and O–H groups in total. The number of nitrogens with zero attached hydrogens (tertiary/aromatic N) is 2. The molecule has 0 amide bonds. The van der Waals surface area contributed by atoms with Crippen LogP contribution in [-0.2, 0) is 11.1 Å². The lowest BCUT2D eigenvalue weighted by molar-refractivity contribution is 0.0898. The van der Waals surface area contributed by atoms with Gasteiger partial charge in [-0.2, -0.15) is 0 Å². The van der Waals surface area contributed by atoms with E-state index in [0.717, 1.165) is 39.1 Å². The van der Waals surface area contributed by atoms with Crippen LogP contribution in [0.5, 0.6) is 0 Å². The molecule has 5 aromatic rings. The van der Waals surface area contributed by atoms with Gasteiger partial charge in [-0.1, -0.05) is 109 Å². The second kappa shape index (κ2) is 9.01. The average Bonchev–Trinajstić information content (AvgIpc) is 3.39. The van der Waals surface area contributed by atoms with E-state index in [-0.39, 0.29) is 0 Å². The molecule has 0 saturated carbocycles. The van der Waals surface area contributed by atoms with E-state index in [1.54, 1.807) is 6.20 Å². The number of benzene rings is 4. The maximum atomic E-state index is 12.2. The zero-order valence-electron chi connectivity index (χ0n) is 20.4. The summed E-state index contributed by atoms with van der Waals surface area (Å²) in [6.45, 7) is 6.02. The van der Waals surface area contributed by atoms with Crippen LogP contribution in [0.3, 0.4) is 0 Å². The molecule has 0 radical (unpaired) electrons. The highest BCUT2D eigenvalue weighted by Crippen LogP contribution is 2.44. The minimum absolute atomic E-state index is 0.725. The summed E-state index contributed by atoms with van der Waals surface area (Å²) in [6.07, 6.45) is 3.65. The van der Waals surface area contributed by atoms with Crippen LogP contribution in [0.4, 0.5) is 0 Å². The third-order valence-corrected chi connectivity index (χ3v) is 7.20. The van der Waals surface area contributed by atoms with Gasteiger partial charge in [0.15, 0.2) is 0 Å². The molecule has 5 rings (SSSR count). The van der Waals surface area contributed by atoms with E-state index in [2.05, 4.69) is 102 Å². The zero-order valence-corrected chi connectivity index (χ0v) is 20.4. The Morgan fingerprint density at radius 3 is 1.63 bits per heavy atom. The van der Waals surface area contributed by atoms with E-state index in [1.165, 1.54) is 0 Å². The Kier molecular flexibility index (Phi) is 5.88. The van der Waals surface area contributed by atoms with Crippen molar-refractivity contribution in [2.45, 2.75) is 31.9 Å². The fourth-order valence-electron chi connectivity index (χ4n) is 5.29. The smallest absolute Gasteiger partial charge is 0.129 e. The molecule has 0 fully saturated rings. The first kappa shape index (κ1) is 22.8. The summed E-state index contributed by atoms with van der Waals surface area (Å²) in [4.78, 5) is 4.61. The molecule has 0 bridgehead atoms. The number of hydrogen-bond donors (Lipinski definition) is 1. The van der Waals surface area contributed by atoms with Gasteiger partial charge < -0.3 is 9.67 Å². The van der Waals surface area contributed by atoms with E-state index in [1.807, 2.05) is 43.6 Å². The largest absolute Gasteiger partial charge is 0.379 e. The second-order valence-electron chi connectivity index (χ2n) is 9.28. The molecule has 1 unspecified atom stereocenters. The van der Waals surface area contributed by atoms with Crippen molar-refractivity contribution in [3.8, 4) is 0 Å². The Morgan fingerprint density at radius 1 is 0.657 bits per heavy atom. The molecule has 0 saturated heterocycles. The summed E-state index contributed by atoms with van der Waals surface area (Å²) in [7, 11) is 0. The van der Waals surface area contributed by atoms with E-state index in [9.17, 15) is 5.11 Å². The summed E-state index contributed by atoms with van der Waals surface area (Å²) < 4.78 is 2.15. The molecular formula is C32H30N2O. The highest BCUT2D eigenvalue weighted by atomic mass is 16.3. The normalized spacial score (nSPS) is 13.4. The van der Waals surface area contributed by atoms with Crippen LogP contribution in [0.2, 0.25) is 0 Å². The van der Waals surface area contributed by atoms with Crippen molar-refractivity contribution in [3.63, 3.8) is 0 Å². The van der Waals surface area contributed by atoms with E-state index < -0.39 is 11.1 Å². The minimum atomic E-state index is -1.27. The molecule has 1 heterocycles. The number of hydrogen-bond acceptors (Lipinski definition) is 2. The van der Waals surface area contributed by atoms with Crippen LogP contribution >= 0.6 is 0 Å². The lowest BCUT2D eigenvalue weighted by Gasteiger charge is -2.41. The highest BCUT2D eigenvalue weighted by Gasteiger charge is 2.43. The van der Waals surface area contributed by atoms with Crippen molar-refractivity contribution in [1.82, 2.24) is 9.55 Å². The van der Waals surface area contributed by atoms with Gasteiger partial charge in [-0.3, -0.25) is 0 Å². The number of rotatable bonds is 6. The second-order valence-corrected chi connectivity index (χ2v) is 9.28. The lowest BCUT2D eigenvalue weighted by atomic mass is 9.75. The average molecular weight is 459 g/mol. The molecule has 3 nitrogen and oxygen atoms in total. The summed E-state index contributed by atoms with van der Waals surface area (Å²) in [5.41, 5.74) is 5.10. The van der Waals surface area contributed by atoms with Crippen molar-refractivity contribution in [2.75, 3.05) is 0 Å². The Labute approximate surface area is 207 Å². The quantitative estimate of drug-likeness (QED) is 0.291. The predicted octanol–water partition coefficient (Wildman–Crippen LogP) is 6.60. The third-order valence-electron chi connectivity index (χ3n) is 7.20. The molecule has 1 atom stereocenters. The first-order valence-corrected chi connectivity index (χ1v) is 12.0. The first-order chi connectivity index (χ1) is 17.0. The van der Waals surface area contributed by atoms with Crippen molar-refractivity contribution in [1.29, 1.82) is 0 Å². The molecule has 0 aliphatic heterocycles. The van der Waals surface area contributed by atoms with E-state index >= 15 is 0 Å². The third kappa shape index (κ3) is 3.69. The fraction of sp³-hybridized carbons (Fsp3) is 0.156. The van der Waals surface area contributed by atoms with Gasteiger partial charge >= 0.3 is 0 Å². The molecule has 174 valence electrons. The number of aryl methyl sites for hydroxylation is 1. The number of aliphatic hydroxyl groups is 1. The topological polar surface area (TPSA) is 38.1 Å². The minimum Gasteiger partial charge on any atom is -0.379 e. The molecule has 0 aliphatic carbocycles. The SMILES string of the molecule is Cc1cccc(C(C)(O)c2cncn2C(c2ccccc2)(c2ccccc2)c2ccccc2)c1C. The molecule has 0 aliphatic rings. The van der Waals surface area contributed by atoms with Crippen LogP contribution in [0.1, 0.15) is 46.0 Å². The van der Waals surface area contributed by atoms with Gasteiger partial charge in [0.25, 0.3) is 0 Å². The van der Waals surface area contributed by atoms with Crippen molar-refractivity contribution >= 4 is 0 Å². The van der Waals surface area contributed by atoms with E-state index in [0.29, 0.717) is 0 Å². The van der Waals surface area contributed by atoms with Gasteiger partial charge in [-0.25, -0.2) is 4.98 Å². The fourth-order valence-corrected chi connectivity index (χ4v) is 5.29. The van der Waals surface area contributed by atoms with Crippen LogP contribution in [0.25, 0.3) is 0 Å². The van der Waals surface area contributed by atoms with Crippen LogP contribution < -0.4 is 0 Å². The van der Waals surface area contributed by atoms with E-state index in [4.69, 9.17) is 0 Å². The van der Waals surface area contributed by atoms with Crippen molar-refractivity contribution in [3.05, 3.63) is 161 Å². The summed E-state index contributed by atoms with van der Waals surface area (Å²) in [6, 6.07) is 37.5.